The third-order valence-corrected chi connectivity index (χ3v) is 6.71. The van der Waals surface area contributed by atoms with Crippen molar-refractivity contribution >= 4 is 29.5 Å². The molecular weight excluding hydrogens is 500 g/mol. The van der Waals surface area contributed by atoms with Gasteiger partial charge in [-0.2, -0.15) is 0 Å². The van der Waals surface area contributed by atoms with E-state index in [1.807, 2.05) is 58.2 Å². The molecule has 0 bridgehead atoms. The van der Waals surface area contributed by atoms with E-state index in [-0.39, 0.29) is 18.5 Å². The zero-order chi connectivity index (χ0) is 29.3. The molecule has 4 N–H and O–H groups in total. The van der Waals surface area contributed by atoms with Crippen molar-refractivity contribution in [2.75, 3.05) is 33.2 Å². The van der Waals surface area contributed by atoms with Crippen LogP contribution in [-0.4, -0.2) is 90.7 Å². The predicted octanol–water partition coefficient (Wildman–Crippen LogP) is 0.889. The molecule has 1 aromatic rings. The van der Waals surface area contributed by atoms with Crippen LogP contribution in [0, 0.1) is 11.3 Å². The highest BCUT2D eigenvalue weighted by atomic mass is 16.2. The molecule has 0 radical (unpaired) electrons. The van der Waals surface area contributed by atoms with Gasteiger partial charge in [0.2, 0.25) is 17.6 Å². The average molecular weight is 545 g/mol. The second-order valence-electron chi connectivity index (χ2n) is 11.5. The largest absolute Gasteiger partial charge is 0.345 e. The van der Waals surface area contributed by atoms with E-state index in [1.165, 1.54) is 6.92 Å². The first-order valence-electron chi connectivity index (χ1n) is 13.4. The summed E-state index contributed by atoms with van der Waals surface area (Å²) >= 11 is 0. The number of piperazine rings is 1. The average Bonchev–Trinajstić information content (AvgIpc) is 2.88. The van der Waals surface area contributed by atoms with Crippen LogP contribution in [0.15, 0.2) is 30.3 Å². The SMILES string of the molecule is CC(NC(=O)C(NC(=O)N1CCN(C)CC1)C(C)(C)C)C(=O)NC(C(=O)C(=O)NCc1ccccc1)C(C)C. The Morgan fingerprint density at radius 3 is 1.97 bits per heavy atom. The van der Waals surface area contributed by atoms with Gasteiger partial charge in [0.15, 0.2) is 0 Å². The number of nitrogens with one attached hydrogen (secondary N) is 4. The summed E-state index contributed by atoms with van der Waals surface area (Å²) in [6.07, 6.45) is 0. The molecule has 216 valence electrons. The van der Waals surface area contributed by atoms with Crippen LogP contribution < -0.4 is 21.3 Å². The number of Topliss-reactive ketones (excluding diaryl/α,β-unsaturated/α-hetero) is 1. The molecule has 0 aromatic heterocycles. The predicted molar refractivity (Wildman–Crippen MR) is 149 cm³/mol. The van der Waals surface area contributed by atoms with Gasteiger partial charge in [0.05, 0.1) is 6.04 Å². The van der Waals surface area contributed by atoms with E-state index in [0.717, 1.165) is 18.7 Å². The highest BCUT2D eigenvalue weighted by Gasteiger charge is 2.36. The Hall–Kier alpha value is -3.47. The van der Waals surface area contributed by atoms with Gasteiger partial charge in [-0.25, -0.2) is 4.79 Å². The maximum Gasteiger partial charge on any atom is 0.318 e. The number of urea groups is 1. The number of hydrogen-bond acceptors (Lipinski definition) is 6. The number of nitrogens with zero attached hydrogens (tertiary/aromatic N) is 2. The van der Waals surface area contributed by atoms with Gasteiger partial charge in [0, 0.05) is 32.7 Å². The maximum absolute atomic E-state index is 13.2. The third-order valence-electron chi connectivity index (χ3n) is 6.71. The fraction of sp³-hybridized carbons (Fsp3) is 0.607. The zero-order valence-electron chi connectivity index (χ0n) is 24.2. The molecule has 3 atom stereocenters. The van der Waals surface area contributed by atoms with Crippen molar-refractivity contribution in [1.29, 1.82) is 0 Å². The van der Waals surface area contributed by atoms with Gasteiger partial charge in [-0.3, -0.25) is 19.2 Å². The number of benzene rings is 1. The van der Waals surface area contributed by atoms with Crippen molar-refractivity contribution < 1.29 is 24.0 Å². The molecule has 11 heteroatoms. The minimum absolute atomic E-state index is 0.185. The maximum atomic E-state index is 13.2. The van der Waals surface area contributed by atoms with Crippen molar-refractivity contribution in [3.05, 3.63) is 35.9 Å². The van der Waals surface area contributed by atoms with E-state index in [2.05, 4.69) is 26.2 Å². The number of carbonyl (C=O) groups is 5. The number of ketones is 1. The summed E-state index contributed by atoms with van der Waals surface area (Å²) in [6, 6.07) is 5.87. The summed E-state index contributed by atoms with van der Waals surface area (Å²) in [5.74, 6) is -3.05. The minimum atomic E-state index is -1.07. The summed E-state index contributed by atoms with van der Waals surface area (Å²) in [5.41, 5.74) is 0.212. The molecule has 11 nitrogen and oxygen atoms in total. The molecule has 5 amide bonds. The van der Waals surface area contributed by atoms with E-state index >= 15 is 0 Å². The lowest BCUT2D eigenvalue weighted by atomic mass is 9.86. The monoisotopic (exact) mass is 544 g/mol. The number of amides is 5. The van der Waals surface area contributed by atoms with Crippen molar-refractivity contribution in [1.82, 2.24) is 31.1 Å². The van der Waals surface area contributed by atoms with Gasteiger partial charge in [-0.05, 0) is 30.9 Å². The molecule has 39 heavy (non-hydrogen) atoms. The molecule has 1 saturated heterocycles. The quantitative estimate of drug-likeness (QED) is 0.323. The Balaban J connectivity index is 1.98. The van der Waals surface area contributed by atoms with Gasteiger partial charge < -0.3 is 31.1 Å². The minimum Gasteiger partial charge on any atom is -0.345 e. The number of hydrogen-bond donors (Lipinski definition) is 4. The molecule has 0 saturated carbocycles. The molecule has 1 heterocycles. The Morgan fingerprint density at radius 1 is 0.846 bits per heavy atom. The smallest absolute Gasteiger partial charge is 0.318 e. The molecule has 0 spiro atoms. The standard InChI is InChI=1S/C28H44N6O5/c1-18(2)21(22(35)25(37)29-17-20-11-9-8-10-12-20)31-24(36)19(3)30-26(38)23(28(4,5)6)32-27(39)34-15-13-33(7)14-16-34/h8-12,18-19,21,23H,13-17H2,1-7H3,(H,29,37)(H,30,38)(H,31,36)(H,32,39). The van der Waals surface area contributed by atoms with Crippen LogP contribution in [0.1, 0.15) is 47.1 Å². The van der Waals surface area contributed by atoms with Gasteiger partial charge in [-0.15, -0.1) is 0 Å². The summed E-state index contributed by atoms with van der Waals surface area (Å²) in [7, 11) is 1.99. The molecule has 2 rings (SSSR count). The first-order chi connectivity index (χ1) is 18.2. The summed E-state index contributed by atoms with van der Waals surface area (Å²) in [5, 5.41) is 10.7. The van der Waals surface area contributed by atoms with Crippen LogP contribution >= 0.6 is 0 Å². The highest BCUT2D eigenvalue weighted by Crippen LogP contribution is 2.20. The lowest BCUT2D eigenvalue weighted by Crippen LogP contribution is -2.61. The van der Waals surface area contributed by atoms with Crippen LogP contribution in [0.4, 0.5) is 4.79 Å². The van der Waals surface area contributed by atoms with Gasteiger partial charge in [0.25, 0.3) is 5.91 Å². The number of rotatable bonds is 10. The first kappa shape index (κ1) is 31.7. The summed E-state index contributed by atoms with van der Waals surface area (Å²) in [6.45, 7) is 13.2. The van der Waals surface area contributed by atoms with Crippen LogP contribution in [0.2, 0.25) is 0 Å². The van der Waals surface area contributed by atoms with Crippen molar-refractivity contribution in [2.45, 2.75) is 66.2 Å². The third kappa shape index (κ3) is 9.65. The van der Waals surface area contributed by atoms with Gasteiger partial charge in [0.1, 0.15) is 12.1 Å². The molecule has 1 aliphatic rings. The van der Waals surface area contributed by atoms with E-state index in [9.17, 15) is 24.0 Å². The van der Waals surface area contributed by atoms with Crippen molar-refractivity contribution in [3.63, 3.8) is 0 Å². The molecule has 3 unspecified atom stereocenters. The molecule has 1 aromatic carbocycles. The Bertz CT molecular complexity index is 1020. The van der Waals surface area contributed by atoms with Crippen LogP contribution in [-0.2, 0) is 25.7 Å². The van der Waals surface area contributed by atoms with Crippen LogP contribution in [0.5, 0.6) is 0 Å². The Kier molecular flexibility index (Phi) is 11.5. The molecule has 1 fully saturated rings. The van der Waals surface area contributed by atoms with E-state index in [0.29, 0.717) is 13.1 Å². The van der Waals surface area contributed by atoms with Crippen LogP contribution in [0.25, 0.3) is 0 Å². The second kappa shape index (κ2) is 14.1. The Morgan fingerprint density at radius 2 is 1.44 bits per heavy atom. The lowest BCUT2D eigenvalue weighted by molar-refractivity contribution is -0.141. The first-order valence-corrected chi connectivity index (χ1v) is 13.4. The van der Waals surface area contributed by atoms with E-state index in [4.69, 9.17) is 0 Å². The number of carbonyl (C=O) groups excluding carboxylic acids is 5. The molecular formula is C28H44N6O5. The summed E-state index contributed by atoms with van der Waals surface area (Å²) in [4.78, 5) is 68.2. The van der Waals surface area contributed by atoms with Gasteiger partial charge in [-0.1, -0.05) is 65.0 Å². The summed E-state index contributed by atoms with van der Waals surface area (Å²) < 4.78 is 0. The normalized spacial score (nSPS) is 16.6. The van der Waals surface area contributed by atoms with Crippen LogP contribution in [0.3, 0.4) is 0 Å². The molecule has 1 aliphatic heterocycles. The molecule has 0 aliphatic carbocycles. The second-order valence-corrected chi connectivity index (χ2v) is 11.5. The number of likely N-dealkylation sites (N-methyl/N-ethyl adjacent to an activating group) is 1. The van der Waals surface area contributed by atoms with E-state index < -0.39 is 47.0 Å². The fourth-order valence-electron chi connectivity index (χ4n) is 4.08. The highest BCUT2D eigenvalue weighted by molar-refractivity contribution is 6.38. The van der Waals surface area contributed by atoms with Crippen molar-refractivity contribution in [3.8, 4) is 0 Å². The topological polar surface area (TPSA) is 140 Å². The zero-order valence-corrected chi connectivity index (χ0v) is 24.2. The van der Waals surface area contributed by atoms with Crippen molar-refractivity contribution in [2.24, 2.45) is 11.3 Å². The lowest BCUT2D eigenvalue weighted by Gasteiger charge is -2.36. The Labute approximate surface area is 231 Å². The van der Waals surface area contributed by atoms with Gasteiger partial charge >= 0.3 is 6.03 Å². The fourth-order valence-corrected chi connectivity index (χ4v) is 4.08. The van der Waals surface area contributed by atoms with E-state index in [1.54, 1.807) is 18.7 Å².